The maximum absolute atomic E-state index is 12.2. The van der Waals surface area contributed by atoms with E-state index in [1.54, 1.807) is 6.07 Å². The monoisotopic (exact) mass is 489 g/mol. The van der Waals surface area contributed by atoms with Crippen molar-refractivity contribution in [2.45, 2.75) is 33.6 Å². The van der Waals surface area contributed by atoms with Gasteiger partial charge in [0.2, 0.25) is 0 Å². The number of nitro groups is 1. The molecule has 0 bridgehead atoms. The molecule has 0 atom stereocenters. The van der Waals surface area contributed by atoms with Crippen molar-refractivity contribution in [3.05, 3.63) is 62.1 Å². The number of benzene rings is 2. The molecule has 2 aromatic carbocycles. The van der Waals surface area contributed by atoms with Crippen molar-refractivity contribution >= 4 is 45.1 Å². The normalized spacial score (nSPS) is 10.8. The van der Waals surface area contributed by atoms with Crippen LogP contribution < -0.4 is 15.6 Å². The number of hydrogen-bond acceptors (Lipinski definition) is 6. The van der Waals surface area contributed by atoms with E-state index in [2.05, 4.69) is 43.6 Å². The standard InChI is InChI=1S/C22H28BrN5O3/c1-4-6-11-27(5-2)21-10-8-18(28(30)31)13-17(21)14-25-26-22(29)15-24-20-9-7-16(3)12-19(20)23/h7-10,12-14,24H,4-6,11,15H2,1-3H3,(H,26,29). The summed E-state index contributed by atoms with van der Waals surface area (Å²) < 4.78 is 0.872. The molecule has 2 rings (SSSR count). The summed E-state index contributed by atoms with van der Waals surface area (Å²) in [6.45, 7) is 7.78. The van der Waals surface area contributed by atoms with E-state index in [-0.39, 0.29) is 18.1 Å². The molecular formula is C22H28BrN5O3. The van der Waals surface area contributed by atoms with Gasteiger partial charge in [-0.05, 0) is 60.0 Å². The third-order valence-electron chi connectivity index (χ3n) is 4.68. The summed E-state index contributed by atoms with van der Waals surface area (Å²) in [6, 6.07) is 10.5. The summed E-state index contributed by atoms with van der Waals surface area (Å²) in [6.07, 6.45) is 3.52. The largest absolute Gasteiger partial charge is 0.375 e. The van der Waals surface area contributed by atoms with Gasteiger partial charge in [0.25, 0.3) is 11.6 Å². The molecule has 0 fully saturated rings. The van der Waals surface area contributed by atoms with E-state index in [0.29, 0.717) is 5.56 Å². The van der Waals surface area contributed by atoms with Crippen LogP contribution in [0.25, 0.3) is 0 Å². The molecule has 0 radical (unpaired) electrons. The molecule has 0 heterocycles. The first-order chi connectivity index (χ1) is 14.8. The van der Waals surface area contributed by atoms with E-state index in [1.165, 1.54) is 18.3 Å². The molecule has 0 saturated heterocycles. The van der Waals surface area contributed by atoms with Crippen molar-refractivity contribution in [3.63, 3.8) is 0 Å². The number of non-ortho nitro benzene ring substituents is 1. The van der Waals surface area contributed by atoms with Crippen LogP contribution in [-0.2, 0) is 4.79 Å². The number of unbranched alkanes of at least 4 members (excludes halogenated alkanes) is 1. The Morgan fingerprint density at radius 1 is 1.26 bits per heavy atom. The van der Waals surface area contributed by atoms with Crippen LogP contribution in [0.2, 0.25) is 0 Å². The minimum absolute atomic E-state index is 0.0195. The van der Waals surface area contributed by atoms with Crippen LogP contribution >= 0.6 is 15.9 Å². The average Bonchev–Trinajstić information content (AvgIpc) is 2.74. The fourth-order valence-electron chi connectivity index (χ4n) is 3.00. The van der Waals surface area contributed by atoms with Crippen LogP contribution in [0.15, 0.2) is 46.0 Å². The smallest absolute Gasteiger partial charge is 0.270 e. The number of hydrogen-bond donors (Lipinski definition) is 2. The molecule has 0 saturated carbocycles. The van der Waals surface area contributed by atoms with Crippen molar-refractivity contribution < 1.29 is 9.72 Å². The molecule has 9 heteroatoms. The molecule has 0 aliphatic heterocycles. The van der Waals surface area contributed by atoms with E-state index in [1.807, 2.05) is 32.0 Å². The molecule has 0 aliphatic rings. The van der Waals surface area contributed by atoms with Crippen molar-refractivity contribution in [2.75, 3.05) is 29.9 Å². The maximum atomic E-state index is 12.2. The lowest BCUT2D eigenvalue weighted by Crippen LogP contribution is -2.27. The number of anilines is 2. The van der Waals surface area contributed by atoms with Crippen molar-refractivity contribution in [1.82, 2.24) is 5.43 Å². The lowest BCUT2D eigenvalue weighted by molar-refractivity contribution is -0.384. The van der Waals surface area contributed by atoms with Gasteiger partial charge in [0.05, 0.1) is 17.7 Å². The number of nitrogens with zero attached hydrogens (tertiary/aromatic N) is 3. The summed E-state index contributed by atoms with van der Waals surface area (Å²) in [5, 5.41) is 18.3. The minimum atomic E-state index is -0.439. The summed E-state index contributed by atoms with van der Waals surface area (Å²) >= 11 is 3.46. The van der Waals surface area contributed by atoms with Gasteiger partial charge in [0.15, 0.2) is 0 Å². The number of nitrogens with one attached hydrogen (secondary N) is 2. The first-order valence-electron chi connectivity index (χ1n) is 10.2. The number of rotatable bonds is 11. The second-order valence-corrected chi connectivity index (χ2v) is 7.92. The van der Waals surface area contributed by atoms with E-state index in [4.69, 9.17) is 0 Å². The number of carbonyl (C=O) groups excluding carboxylic acids is 1. The van der Waals surface area contributed by atoms with Gasteiger partial charge in [-0.3, -0.25) is 14.9 Å². The van der Waals surface area contributed by atoms with Crippen LogP contribution in [0.3, 0.4) is 0 Å². The Bertz CT molecular complexity index is 949. The SMILES string of the molecule is CCCCN(CC)c1ccc([N+](=O)[O-])cc1C=NNC(=O)CNc1ccc(C)cc1Br. The van der Waals surface area contributed by atoms with Gasteiger partial charge in [0.1, 0.15) is 0 Å². The molecule has 1 amide bonds. The quantitative estimate of drug-likeness (QED) is 0.266. The Morgan fingerprint density at radius 2 is 2.03 bits per heavy atom. The zero-order valence-corrected chi connectivity index (χ0v) is 19.6. The molecule has 2 aromatic rings. The Hall–Kier alpha value is -2.94. The first kappa shape index (κ1) is 24.3. The van der Waals surface area contributed by atoms with E-state index < -0.39 is 4.92 Å². The van der Waals surface area contributed by atoms with Crippen molar-refractivity contribution in [1.29, 1.82) is 0 Å². The van der Waals surface area contributed by atoms with Crippen LogP contribution in [0.5, 0.6) is 0 Å². The molecule has 2 N–H and O–H groups in total. The Kier molecular flexibility index (Phi) is 9.45. The van der Waals surface area contributed by atoms with Crippen molar-refractivity contribution in [2.24, 2.45) is 5.10 Å². The van der Waals surface area contributed by atoms with Gasteiger partial charge in [-0.15, -0.1) is 0 Å². The van der Waals surface area contributed by atoms with Crippen molar-refractivity contribution in [3.8, 4) is 0 Å². The molecule has 0 aliphatic carbocycles. The molecule has 31 heavy (non-hydrogen) atoms. The second-order valence-electron chi connectivity index (χ2n) is 7.06. The topological polar surface area (TPSA) is 99.9 Å². The van der Waals surface area contributed by atoms with Crippen LogP contribution in [0.4, 0.5) is 17.1 Å². The first-order valence-corrected chi connectivity index (χ1v) is 11.0. The van der Waals surface area contributed by atoms with Gasteiger partial charge < -0.3 is 10.2 Å². The fraction of sp³-hybridized carbons (Fsp3) is 0.364. The number of amides is 1. The maximum Gasteiger partial charge on any atom is 0.270 e. The Morgan fingerprint density at radius 3 is 2.68 bits per heavy atom. The summed E-state index contributed by atoms with van der Waals surface area (Å²) in [5.41, 5.74) is 5.80. The van der Waals surface area contributed by atoms with Gasteiger partial charge >= 0.3 is 0 Å². The predicted molar refractivity (Wildman–Crippen MR) is 129 cm³/mol. The van der Waals surface area contributed by atoms with Gasteiger partial charge in [-0.1, -0.05) is 19.4 Å². The fourth-order valence-corrected chi connectivity index (χ4v) is 3.63. The number of carbonyl (C=O) groups is 1. The van der Waals surface area contributed by atoms with E-state index in [0.717, 1.165) is 47.3 Å². The summed E-state index contributed by atoms with van der Waals surface area (Å²) in [4.78, 5) is 25.1. The highest BCUT2D eigenvalue weighted by Gasteiger charge is 2.14. The lowest BCUT2D eigenvalue weighted by atomic mass is 10.1. The zero-order valence-electron chi connectivity index (χ0n) is 18.0. The minimum Gasteiger partial charge on any atom is -0.375 e. The Labute approximate surface area is 191 Å². The predicted octanol–water partition coefficient (Wildman–Crippen LogP) is 4.85. The highest BCUT2D eigenvalue weighted by molar-refractivity contribution is 9.10. The molecule has 8 nitrogen and oxygen atoms in total. The molecule has 0 spiro atoms. The van der Waals surface area contributed by atoms with Crippen LogP contribution in [0, 0.1) is 17.0 Å². The Balaban J connectivity index is 2.09. The third kappa shape index (κ3) is 7.36. The third-order valence-corrected chi connectivity index (χ3v) is 5.34. The highest BCUT2D eigenvalue weighted by Crippen LogP contribution is 2.25. The van der Waals surface area contributed by atoms with Gasteiger partial charge in [-0.25, -0.2) is 5.43 Å². The number of hydrazone groups is 1. The van der Waals surface area contributed by atoms with E-state index in [9.17, 15) is 14.9 Å². The number of nitro benzene ring substituents is 1. The summed E-state index contributed by atoms with van der Waals surface area (Å²) in [5.74, 6) is -0.325. The number of halogens is 1. The lowest BCUT2D eigenvalue weighted by Gasteiger charge is -2.24. The van der Waals surface area contributed by atoms with Gasteiger partial charge in [0, 0.05) is 46.6 Å². The molecular weight excluding hydrogens is 462 g/mol. The zero-order chi connectivity index (χ0) is 22.8. The number of aryl methyl sites for hydroxylation is 1. The van der Waals surface area contributed by atoms with Gasteiger partial charge in [-0.2, -0.15) is 5.10 Å². The molecule has 166 valence electrons. The molecule has 0 unspecified atom stereocenters. The average molecular weight is 490 g/mol. The second kappa shape index (κ2) is 12.0. The summed E-state index contributed by atoms with van der Waals surface area (Å²) in [7, 11) is 0. The van der Waals surface area contributed by atoms with E-state index >= 15 is 0 Å². The highest BCUT2D eigenvalue weighted by atomic mass is 79.9. The molecule has 0 aromatic heterocycles. The van der Waals surface area contributed by atoms with Crippen LogP contribution in [-0.4, -0.2) is 36.7 Å². The van der Waals surface area contributed by atoms with Crippen LogP contribution in [0.1, 0.15) is 37.8 Å².